The standard InChI is InChI=1S/C20H16OS/c1-15-9-5-7-13-18(15)22-19-14-8-6-12-17(19)20(21)16-10-3-2-4-11-16/h2-14H,1H3. The van der Waals surface area contributed by atoms with Gasteiger partial charge in [0.2, 0.25) is 0 Å². The van der Waals surface area contributed by atoms with E-state index in [9.17, 15) is 4.79 Å². The minimum Gasteiger partial charge on any atom is -0.289 e. The highest BCUT2D eigenvalue weighted by Gasteiger charge is 2.14. The van der Waals surface area contributed by atoms with Crippen molar-refractivity contribution in [3.05, 3.63) is 95.6 Å². The molecule has 0 N–H and O–H groups in total. The van der Waals surface area contributed by atoms with E-state index < -0.39 is 0 Å². The highest BCUT2D eigenvalue weighted by molar-refractivity contribution is 7.99. The molecule has 0 radical (unpaired) electrons. The second kappa shape index (κ2) is 6.63. The largest absolute Gasteiger partial charge is 0.289 e. The molecule has 0 aromatic heterocycles. The summed E-state index contributed by atoms with van der Waals surface area (Å²) in [6.45, 7) is 2.09. The Labute approximate surface area is 135 Å². The van der Waals surface area contributed by atoms with Crippen molar-refractivity contribution < 1.29 is 4.79 Å². The highest BCUT2D eigenvalue weighted by atomic mass is 32.2. The number of rotatable bonds is 4. The maximum atomic E-state index is 12.7. The fourth-order valence-corrected chi connectivity index (χ4v) is 3.31. The van der Waals surface area contributed by atoms with Crippen LogP contribution in [0.2, 0.25) is 0 Å². The van der Waals surface area contributed by atoms with Gasteiger partial charge in [0.15, 0.2) is 5.78 Å². The second-order valence-corrected chi connectivity index (χ2v) is 6.14. The number of aryl methyl sites for hydroxylation is 1. The van der Waals surface area contributed by atoms with E-state index in [1.165, 1.54) is 10.5 Å². The molecule has 0 spiro atoms. The van der Waals surface area contributed by atoms with Gasteiger partial charge in [-0.05, 0) is 30.7 Å². The van der Waals surface area contributed by atoms with Crippen molar-refractivity contribution >= 4 is 17.5 Å². The van der Waals surface area contributed by atoms with Gasteiger partial charge in [-0.15, -0.1) is 0 Å². The van der Waals surface area contributed by atoms with Crippen LogP contribution in [0.1, 0.15) is 21.5 Å². The lowest BCUT2D eigenvalue weighted by Gasteiger charge is -2.10. The lowest BCUT2D eigenvalue weighted by molar-refractivity contribution is 0.103. The van der Waals surface area contributed by atoms with E-state index >= 15 is 0 Å². The Morgan fingerprint density at radius 2 is 1.32 bits per heavy atom. The maximum absolute atomic E-state index is 12.7. The predicted molar refractivity (Wildman–Crippen MR) is 91.6 cm³/mol. The van der Waals surface area contributed by atoms with E-state index in [-0.39, 0.29) is 5.78 Å². The molecule has 0 saturated carbocycles. The first-order valence-electron chi connectivity index (χ1n) is 7.18. The Bertz CT molecular complexity index is 794. The normalized spacial score (nSPS) is 10.4. The van der Waals surface area contributed by atoms with E-state index in [1.807, 2.05) is 66.7 Å². The molecular formula is C20H16OS. The Kier molecular flexibility index (Phi) is 4.40. The van der Waals surface area contributed by atoms with Gasteiger partial charge in [-0.3, -0.25) is 4.79 Å². The molecule has 0 aliphatic rings. The predicted octanol–water partition coefficient (Wildman–Crippen LogP) is 5.38. The van der Waals surface area contributed by atoms with Gasteiger partial charge in [-0.1, -0.05) is 72.4 Å². The van der Waals surface area contributed by atoms with Gasteiger partial charge in [-0.2, -0.15) is 0 Å². The molecule has 0 heterocycles. The van der Waals surface area contributed by atoms with E-state index in [4.69, 9.17) is 0 Å². The van der Waals surface area contributed by atoms with E-state index in [1.54, 1.807) is 11.8 Å². The molecule has 0 aliphatic heterocycles. The van der Waals surface area contributed by atoms with Crippen LogP contribution in [0.25, 0.3) is 0 Å². The smallest absolute Gasteiger partial charge is 0.194 e. The first kappa shape index (κ1) is 14.6. The summed E-state index contributed by atoms with van der Waals surface area (Å²) < 4.78 is 0. The van der Waals surface area contributed by atoms with Crippen molar-refractivity contribution in [2.24, 2.45) is 0 Å². The van der Waals surface area contributed by atoms with Gasteiger partial charge >= 0.3 is 0 Å². The third kappa shape index (κ3) is 3.12. The van der Waals surface area contributed by atoms with E-state index in [0.717, 1.165) is 16.0 Å². The SMILES string of the molecule is Cc1ccccc1Sc1ccccc1C(=O)c1ccccc1. The lowest BCUT2D eigenvalue weighted by Crippen LogP contribution is -2.02. The Hall–Kier alpha value is -2.32. The van der Waals surface area contributed by atoms with Gasteiger partial charge < -0.3 is 0 Å². The monoisotopic (exact) mass is 304 g/mol. The van der Waals surface area contributed by atoms with Gasteiger partial charge in [0.1, 0.15) is 0 Å². The van der Waals surface area contributed by atoms with Crippen LogP contribution in [0, 0.1) is 6.92 Å². The molecule has 3 rings (SSSR count). The molecule has 108 valence electrons. The number of ketones is 1. The van der Waals surface area contributed by atoms with Gasteiger partial charge in [0, 0.05) is 20.9 Å². The minimum absolute atomic E-state index is 0.0669. The Balaban J connectivity index is 1.97. The molecule has 0 amide bonds. The molecule has 0 fully saturated rings. The molecule has 0 unspecified atom stereocenters. The third-order valence-electron chi connectivity index (χ3n) is 3.48. The van der Waals surface area contributed by atoms with Crippen LogP contribution >= 0.6 is 11.8 Å². The van der Waals surface area contributed by atoms with Crippen molar-refractivity contribution in [1.29, 1.82) is 0 Å². The minimum atomic E-state index is 0.0669. The molecule has 0 aliphatic carbocycles. The highest BCUT2D eigenvalue weighted by Crippen LogP contribution is 2.33. The molecule has 2 heteroatoms. The number of hydrogen-bond acceptors (Lipinski definition) is 2. The topological polar surface area (TPSA) is 17.1 Å². The van der Waals surface area contributed by atoms with Crippen LogP contribution in [0.3, 0.4) is 0 Å². The van der Waals surface area contributed by atoms with Crippen LogP contribution in [0.15, 0.2) is 88.7 Å². The van der Waals surface area contributed by atoms with Crippen LogP contribution < -0.4 is 0 Å². The van der Waals surface area contributed by atoms with Crippen LogP contribution in [-0.2, 0) is 0 Å². The number of carbonyl (C=O) groups excluding carboxylic acids is 1. The summed E-state index contributed by atoms with van der Waals surface area (Å²) in [6, 6.07) is 25.4. The summed E-state index contributed by atoms with van der Waals surface area (Å²) >= 11 is 1.64. The third-order valence-corrected chi connectivity index (χ3v) is 4.74. The first-order chi connectivity index (χ1) is 10.8. The number of carbonyl (C=O) groups is 1. The lowest BCUT2D eigenvalue weighted by atomic mass is 10.0. The van der Waals surface area contributed by atoms with Gasteiger partial charge in [0.05, 0.1) is 0 Å². The van der Waals surface area contributed by atoms with E-state index in [2.05, 4.69) is 19.1 Å². The summed E-state index contributed by atoms with van der Waals surface area (Å²) in [4.78, 5) is 14.9. The van der Waals surface area contributed by atoms with Crippen LogP contribution in [0.5, 0.6) is 0 Å². The van der Waals surface area contributed by atoms with Gasteiger partial charge in [0.25, 0.3) is 0 Å². The van der Waals surface area contributed by atoms with Crippen molar-refractivity contribution in [2.75, 3.05) is 0 Å². The number of hydrogen-bond donors (Lipinski definition) is 0. The van der Waals surface area contributed by atoms with Gasteiger partial charge in [-0.25, -0.2) is 0 Å². The molecular weight excluding hydrogens is 288 g/mol. The molecule has 3 aromatic rings. The second-order valence-electron chi connectivity index (χ2n) is 5.06. The molecule has 1 nitrogen and oxygen atoms in total. The molecule has 0 saturated heterocycles. The van der Waals surface area contributed by atoms with Crippen molar-refractivity contribution in [3.8, 4) is 0 Å². The average Bonchev–Trinajstić information content (AvgIpc) is 2.58. The van der Waals surface area contributed by atoms with Crippen molar-refractivity contribution in [1.82, 2.24) is 0 Å². The Morgan fingerprint density at radius 1 is 0.727 bits per heavy atom. The van der Waals surface area contributed by atoms with Crippen molar-refractivity contribution in [2.45, 2.75) is 16.7 Å². The number of benzene rings is 3. The first-order valence-corrected chi connectivity index (χ1v) is 7.99. The summed E-state index contributed by atoms with van der Waals surface area (Å²) in [6.07, 6.45) is 0. The zero-order valence-corrected chi connectivity index (χ0v) is 13.1. The van der Waals surface area contributed by atoms with Crippen LogP contribution in [-0.4, -0.2) is 5.78 Å². The maximum Gasteiger partial charge on any atom is 0.194 e. The zero-order valence-electron chi connectivity index (χ0n) is 12.3. The van der Waals surface area contributed by atoms with Crippen LogP contribution in [0.4, 0.5) is 0 Å². The fraction of sp³-hybridized carbons (Fsp3) is 0.0500. The fourth-order valence-electron chi connectivity index (χ4n) is 2.28. The molecule has 3 aromatic carbocycles. The van der Waals surface area contributed by atoms with E-state index in [0.29, 0.717) is 0 Å². The Morgan fingerprint density at radius 3 is 2.05 bits per heavy atom. The zero-order chi connectivity index (χ0) is 15.4. The summed E-state index contributed by atoms with van der Waals surface area (Å²) in [5.74, 6) is 0.0669. The van der Waals surface area contributed by atoms with Crippen molar-refractivity contribution in [3.63, 3.8) is 0 Å². The molecule has 22 heavy (non-hydrogen) atoms. The quantitative estimate of drug-likeness (QED) is 0.602. The average molecular weight is 304 g/mol. The molecule has 0 atom stereocenters. The summed E-state index contributed by atoms with van der Waals surface area (Å²) in [7, 11) is 0. The molecule has 0 bridgehead atoms. The summed E-state index contributed by atoms with van der Waals surface area (Å²) in [5.41, 5.74) is 2.69. The summed E-state index contributed by atoms with van der Waals surface area (Å²) in [5, 5.41) is 0.